The maximum absolute atomic E-state index is 16.3. The van der Waals surface area contributed by atoms with Gasteiger partial charge in [-0.3, -0.25) is 14.5 Å². The number of hydrogen-bond acceptors (Lipinski definition) is 6. The van der Waals surface area contributed by atoms with E-state index in [0.29, 0.717) is 67.8 Å². The maximum Gasteiger partial charge on any atom is 0.259 e. The van der Waals surface area contributed by atoms with E-state index in [2.05, 4.69) is 16.7 Å². The number of unbranched alkanes of at least 4 members (excludes halogenated alkanes) is 5. The Morgan fingerprint density at radius 3 is 2.36 bits per heavy atom. The summed E-state index contributed by atoms with van der Waals surface area (Å²) < 4.78 is 30.1. The first kappa shape index (κ1) is 29.7. The quantitative estimate of drug-likeness (QED) is 0.181. The summed E-state index contributed by atoms with van der Waals surface area (Å²) >= 11 is 0. The topological polar surface area (TPSA) is 67.2 Å². The third kappa shape index (κ3) is 5.68. The van der Waals surface area contributed by atoms with Gasteiger partial charge in [0.2, 0.25) is 5.43 Å². The molecule has 3 aromatic carbocycles. The van der Waals surface area contributed by atoms with Gasteiger partial charge < -0.3 is 23.8 Å². The number of carbonyl (C=O) groups is 1. The standard InChI is InChI=1S/C36H41FN4O4/c1-2-3-4-5-6-9-12-38-13-15-39(16-14-38)33-29(37)23-27-32-35(33)45-31-22-26-11-8-7-10-25(26)21-30(31)41(32)24-28(34(27)42)36(43)40-17-19-44-20-18-40/h7-8,10-11,21-24H,2-6,9,12-20H2,1H3. The van der Waals surface area contributed by atoms with Crippen molar-refractivity contribution in [1.29, 1.82) is 0 Å². The summed E-state index contributed by atoms with van der Waals surface area (Å²) in [6, 6.07) is 13.2. The van der Waals surface area contributed by atoms with Crippen LogP contribution in [-0.4, -0.2) is 79.3 Å². The van der Waals surface area contributed by atoms with Crippen LogP contribution < -0.4 is 15.1 Å². The number of rotatable bonds is 9. The average molecular weight is 613 g/mol. The van der Waals surface area contributed by atoms with Crippen LogP contribution in [0.5, 0.6) is 11.5 Å². The van der Waals surface area contributed by atoms with E-state index in [9.17, 15) is 9.59 Å². The Morgan fingerprint density at radius 1 is 0.889 bits per heavy atom. The van der Waals surface area contributed by atoms with Crippen LogP contribution in [0, 0.1) is 5.82 Å². The van der Waals surface area contributed by atoms with Gasteiger partial charge in [-0.25, -0.2) is 4.39 Å². The molecule has 0 unspecified atom stereocenters. The van der Waals surface area contributed by atoms with Gasteiger partial charge in [-0.05, 0) is 41.9 Å². The second kappa shape index (κ2) is 12.8. The molecule has 1 aromatic heterocycles. The Bertz CT molecular complexity index is 1790. The highest BCUT2D eigenvalue weighted by Gasteiger charge is 2.33. The van der Waals surface area contributed by atoms with Crippen LogP contribution in [0.3, 0.4) is 0 Å². The molecule has 9 heteroatoms. The van der Waals surface area contributed by atoms with Crippen molar-refractivity contribution in [3.8, 4) is 17.2 Å². The summed E-state index contributed by atoms with van der Waals surface area (Å²) in [6.45, 7) is 7.96. The van der Waals surface area contributed by atoms with Crippen molar-refractivity contribution < 1.29 is 18.7 Å². The molecule has 7 rings (SSSR count). The van der Waals surface area contributed by atoms with Crippen LogP contribution >= 0.6 is 0 Å². The van der Waals surface area contributed by atoms with Crippen molar-refractivity contribution in [3.63, 3.8) is 0 Å². The van der Waals surface area contributed by atoms with Crippen LogP contribution in [0.25, 0.3) is 27.4 Å². The van der Waals surface area contributed by atoms with Crippen LogP contribution in [-0.2, 0) is 4.74 Å². The van der Waals surface area contributed by atoms with Gasteiger partial charge in [-0.1, -0.05) is 63.3 Å². The fourth-order valence-electron chi connectivity index (χ4n) is 6.98. The molecule has 8 nitrogen and oxygen atoms in total. The third-order valence-corrected chi connectivity index (χ3v) is 9.51. The lowest BCUT2D eigenvalue weighted by Gasteiger charge is -2.38. The molecule has 4 heterocycles. The molecule has 0 aliphatic carbocycles. The number of morpholine rings is 1. The van der Waals surface area contributed by atoms with Crippen molar-refractivity contribution in [2.75, 3.05) is 63.9 Å². The van der Waals surface area contributed by atoms with Gasteiger partial charge in [0.05, 0.1) is 24.3 Å². The zero-order valence-electron chi connectivity index (χ0n) is 26.0. The molecule has 0 N–H and O–H groups in total. The molecule has 0 radical (unpaired) electrons. The first-order chi connectivity index (χ1) is 22.0. The molecule has 236 valence electrons. The summed E-state index contributed by atoms with van der Waals surface area (Å²) in [6.07, 6.45) is 9.22. The number of piperazine rings is 1. The molecule has 1 amide bonds. The molecular weight excluding hydrogens is 571 g/mol. The lowest BCUT2D eigenvalue weighted by molar-refractivity contribution is 0.0301. The molecule has 4 aromatic rings. The van der Waals surface area contributed by atoms with Crippen LogP contribution in [0.2, 0.25) is 0 Å². The van der Waals surface area contributed by atoms with Crippen molar-refractivity contribution in [2.24, 2.45) is 0 Å². The van der Waals surface area contributed by atoms with Crippen molar-refractivity contribution in [1.82, 2.24) is 14.4 Å². The van der Waals surface area contributed by atoms with E-state index in [4.69, 9.17) is 9.47 Å². The van der Waals surface area contributed by atoms with Crippen molar-refractivity contribution in [2.45, 2.75) is 45.4 Å². The van der Waals surface area contributed by atoms with Crippen LogP contribution in [0.15, 0.2) is 53.5 Å². The molecule has 3 aliphatic rings. The lowest BCUT2D eigenvalue weighted by atomic mass is 10.0. The molecule has 45 heavy (non-hydrogen) atoms. The number of anilines is 1. The third-order valence-electron chi connectivity index (χ3n) is 9.51. The first-order valence-corrected chi connectivity index (χ1v) is 16.5. The first-order valence-electron chi connectivity index (χ1n) is 16.5. The Balaban J connectivity index is 1.27. The molecule has 0 spiro atoms. The van der Waals surface area contributed by atoms with Crippen molar-refractivity contribution >= 4 is 33.3 Å². The number of hydrogen-bond donors (Lipinski definition) is 0. The number of carbonyl (C=O) groups excluding carboxylic acids is 1. The minimum absolute atomic E-state index is 0.0202. The molecular formula is C36H41FN4O4. The van der Waals surface area contributed by atoms with Gasteiger partial charge in [-0.2, -0.15) is 0 Å². The Kier molecular flexibility index (Phi) is 8.47. The Morgan fingerprint density at radius 2 is 1.60 bits per heavy atom. The van der Waals surface area contributed by atoms with Gasteiger partial charge in [0.15, 0.2) is 17.3 Å². The van der Waals surface area contributed by atoms with E-state index < -0.39 is 11.2 Å². The number of pyridine rings is 1. The smallest absolute Gasteiger partial charge is 0.259 e. The SMILES string of the molecule is CCCCCCCCN1CCN(c2c(F)cc3c(=O)c(C(=O)N4CCOCC4)cn4c3c2Oc2cc3ccccc3cc2-4)CC1. The van der Waals surface area contributed by atoms with Crippen molar-refractivity contribution in [3.05, 3.63) is 70.3 Å². The zero-order valence-corrected chi connectivity index (χ0v) is 26.0. The van der Waals surface area contributed by atoms with Gasteiger partial charge in [-0.15, -0.1) is 0 Å². The van der Waals surface area contributed by atoms with Crippen LogP contribution in [0.1, 0.15) is 55.8 Å². The van der Waals surface area contributed by atoms with E-state index in [-0.39, 0.29) is 16.9 Å². The number of halogens is 1. The second-order valence-corrected chi connectivity index (χ2v) is 12.4. The van der Waals surface area contributed by atoms with E-state index in [1.165, 1.54) is 44.6 Å². The fraction of sp³-hybridized carbons (Fsp3) is 0.444. The molecule has 0 saturated carbocycles. The van der Waals surface area contributed by atoms with Gasteiger partial charge in [0.1, 0.15) is 16.8 Å². The maximum atomic E-state index is 16.3. The lowest BCUT2D eigenvalue weighted by Crippen LogP contribution is -2.47. The highest BCUT2D eigenvalue weighted by Crippen LogP contribution is 2.47. The summed E-state index contributed by atoms with van der Waals surface area (Å²) in [5.74, 6) is 0.0187. The van der Waals surface area contributed by atoms with Gasteiger partial charge >= 0.3 is 0 Å². The number of amides is 1. The highest BCUT2D eigenvalue weighted by molar-refractivity contribution is 6.02. The molecule has 2 fully saturated rings. The summed E-state index contributed by atoms with van der Waals surface area (Å²) in [4.78, 5) is 33.7. The number of fused-ring (bicyclic) bond motifs is 3. The van der Waals surface area contributed by atoms with Gasteiger partial charge in [0.25, 0.3) is 5.91 Å². The summed E-state index contributed by atoms with van der Waals surface area (Å²) in [5, 5.41) is 2.13. The van der Waals surface area contributed by atoms with E-state index >= 15 is 4.39 Å². The Hall–Kier alpha value is -3.95. The Labute approximate surface area is 262 Å². The molecule has 0 atom stereocenters. The number of aromatic nitrogens is 1. The van der Waals surface area contributed by atoms with E-state index in [1.807, 2.05) is 41.0 Å². The minimum Gasteiger partial charge on any atom is -0.451 e. The van der Waals surface area contributed by atoms with E-state index in [1.54, 1.807) is 11.1 Å². The summed E-state index contributed by atoms with van der Waals surface area (Å²) in [7, 11) is 0. The number of benzene rings is 3. The monoisotopic (exact) mass is 612 g/mol. The molecule has 0 bridgehead atoms. The predicted octanol–water partition coefficient (Wildman–Crippen LogP) is 6.34. The minimum atomic E-state index is -0.509. The highest BCUT2D eigenvalue weighted by atomic mass is 19.1. The number of nitrogens with zero attached hydrogens (tertiary/aromatic N) is 4. The fourth-order valence-corrected chi connectivity index (χ4v) is 6.98. The number of ether oxygens (including phenoxy) is 2. The molecule has 2 saturated heterocycles. The zero-order chi connectivity index (χ0) is 30.9. The van der Waals surface area contributed by atoms with Crippen LogP contribution in [0.4, 0.5) is 10.1 Å². The summed E-state index contributed by atoms with van der Waals surface area (Å²) in [5.41, 5.74) is 1.12. The molecule has 3 aliphatic heterocycles. The predicted molar refractivity (Wildman–Crippen MR) is 176 cm³/mol. The largest absolute Gasteiger partial charge is 0.451 e. The van der Waals surface area contributed by atoms with Gasteiger partial charge in [0, 0.05) is 45.5 Å². The second-order valence-electron chi connectivity index (χ2n) is 12.4. The average Bonchev–Trinajstić information content (AvgIpc) is 3.07. The normalized spacial score (nSPS) is 16.7. The van der Waals surface area contributed by atoms with E-state index in [0.717, 1.165) is 30.4 Å².